The van der Waals surface area contributed by atoms with Gasteiger partial charge in [-0.1, -0.05) is 132 Å². The molecule has 8 rings (SSSR count). The van der Waals surface area contributed by atoms with Gasteiger partial charge in [-0.25, -0.2) is 28.7 Å². The van der Waals surface area contributed by atoms with E-state index in [9.17, 15) is 0 Å². The van der Waals surface area contributed by atoms with Crippen molar-refractivity contribution in [2.45, 2.75) is 236 Å². The van der Waals surface area contributed by atoms with Crippen LogP contribution in [0, 0.1) is 0 Å². The molecule has 4 heterocycles. The minimum atomic E-state index is 0.570. The van der Waals surface area contributed by atoms with Crippen molar-refractivity contribution in [1.82, 2.24) is 59.1 Å². The Bertz CT molecular complexity index is 1450. The van der Waals surface area contributed by atoms with Crippen LogP contribution in [-0.2, 0) is 0 Å². The fraction of sp³-hybridized carbons (Fsp3) is 0.833. The highest BCUT2D eigenvalue weighted by molar-refractivity contribution is 5.24. The van der Waals surface area contributed by atoms with Gasteiger partial charge in [-0.05, 0) is 79.1 Å². The number of hydrogen-bond donors (Lipinski definition) is 4. The molecule has 0 spiro atoms. The van der Waals surface area contributed by atoms with Gasteiger partial charge in [0.25, 0.3) is 0 Å². The van der Waals surface area contributed by atoms with Crippen molar-refractivity contribution in [2.75, 3.05) is 47.4 Å². The predicted molar refractivity (Wildman–Crippen MR) is 271 cm³/mol. The maximum Gasteiger partial charge on any atom is 0.242 e. The highest BCUT2D eigenvalue weighted by Gasteiger charge is 2.20. The van der Waals surface area contributed by atoms with E-state index in [1.54, 1.807) is 12.7 Å². The van der Waals surface area contributed by atoms with Gasteiger partial charge in [0.2, 0.25) is 23.8 Å². The van der Waals surface area contributed by atoms with E-state index in [0.29, 0.717) is 24.2 Å². The molecular formula is C48H96N16. The second-order valence-corrected chi connectivity index (χ2v) is 15.4. The van der Waals surface area contributed by atoms with Crippen LogP contribution in [0.15, 0.2) is 25.3 Å². The highest BCUT2D eigenvalue weighted by Crippen LogP contribution is 2.31. The number of aromatic nitrogens is 12. The maximum absolute atomic E-state index is 4.42. The summed E-state index contributed by atoms with van der Waals surface area (Å²) >= 11 is 0. The fourth-order valence-electron chi connectivity index (χ4n) is 8.33. The van der Waals surface area contributed by atoms with Crippen LogP contribution in [0.3, 0.4) is 0 Å². The Morgan fingerprint density at radius 1 is 0.391 bits per heavy atom. The minimum absolute atomic E-state index is 0.570. The van der Waals surface area contributed by atoms with Gasteiger partial charge in [-0.2, -0.15) is 20.2 Å². The zero-order valence-corrected chi connectivity index (χ0v) is 43.0. The van der Waals surface area contributed by atoms with Crippen LogP contribution in [0.5, 0.6) is 0 Å². The van der Waals surface area contributed by atoms with Crippen LogP contribution in [0.4, 0.5) is 23.8 Å². The SMILES string of the molecule is CC.CC.CC.CC.CCNc1ncn(C2CCCCC2)n1.CCNc1ncn(C2CCCCC2)n1.CCNc1ncnn1C1CCCCC1.CCNc1ncnn1C1CCCCC1. The van der Waals surface area contributed by atoms with Crippen molar-refractivity contribution in [3.63, 3.8) is 0 Å². The monoisotopic (exact) mass is 897 g/mol. The average molecular weight is 897 g/mol. The summed E-state index contributed by atoms with van der Waals surface area (Å²) in [5, 5.41) is 30.2. The summed E-state index contributed by atoms with van der Waals surface area (Å²) in [6.45, 7) is 27.9. The van der Waals surface area contributed by atoms with Crippen molar-refractivity contribution < 1.29 is 0 Å². The normalized spacial score (nSPS) is 16.4. The molecule has 0 saturated heterocycles. The van der Waals surface area contributed by atoms with Gasteiger partial charge in [0, 0.05) is 26.2 Å². The van der Waals surface area contributed by atoms with Crippen LogP contribution in [0.25, 0.3) is 0 Å². The average Bonchev–Trinajstić information content (AvgIpc) is 4.24. The zero-order chi connectivity index (χ0) is 47.2. The lowest BCUT2D eigenvalue weighted by Gasteiger charge is -2.22. The molecule has 4 aliphatic rings. The molecule has 16 heteroatoms. The molecule has 64 heavy (non-hydrogen) atoms. The van der Waals surface area contributed by atoms with Crippen LogP contribution >= 0.6 is 0 Å². The summed E-state index contributed by atoms with van der Waals surface area (Å²) in [5.74, 6) is 3.38. The quantitative estimate of drug-likeness (QED) is 0.106. The Kier molecular flexibility index (Phi) is 34.4. The summed E-state index contributed by atoms with van der Waals surface area (Å²) in [7, 11) is 0. The minimum Gasteiger partial charge on any atom is -0.355 e. The van der Waals surface area contributed by atoms with Crippen LogP contribution in [0.1, 0.15) is 236 Å². The van der Waals surface area contributed by atoms with Gasteiger partial charge in [0.15, 0.2) is 0 Å². The van der Waals surface area contributed by atoms with E-state index in [2.05, 4.69) is 98.7 Å². The van der Waals surface area contributed by atoms with Crippen LogP contribution < -0.4 is 21.3 Å². The van der Waals surface area contributed by atoms with Gasteiger partial charge in [-0.15, -0.1) is 10.2 Å². The van der Waals surface area contributed by atoms with E-state index in [1.807, 2.05) is 77.4 Å². The molecule has 4 aliphatic carbocycles. The highest BCUT2D eigenvalue weighted by atomic mass is 15.4. The van der Waals surface area contributed by atoms with Crippen molar-refractivity contribution >= 4 is 23.8 Å². The lowest BCUT2D eigenvalue weighted by molar-refractivity contribution is 0.329. The molecule has 4 fully saturated rings. The summed E-state index contributed by atoms with van der Waals surface area (Å²) in [6.07, 6.45) is 33.2. The van der Waals surface area contributed by atoms with Crippen LogP contribution in [-0.4, -0.2) is 85.2 Å². The molecule has 0 aromatic carbocycles. The van der Waals surface area contributed by atoms with Crippen molar-refractivity contribution in [3.8, 4) is 0 Å². The summed E-state index contributed by atoms with van der Waals surface area (Å²) in [4.78, 5) is 16.9. The first-order chi connectivity index (χ1) is 31.6. The lowest BCUT2D eigenvalue weighted by atomic mass is 9.96. The lowest BCUT2D eigenvalue weighted by Crippen LogP contribution is -2.17. The summed E-state index contributed by atoms with van der Waals surface area (Å²) in [6, 6.07) is 2.31. The summed E-state index contributed by atoms with van der Waals surface area (Å²) < 4.78 is 8.17. The molecule has 16 nitrogen and oxygen atoms in total. The van der Waals surface area contributed by atoms with E-state index in [0.717, 1.165) is 50.0 Å². The molecule has 4 aromatic heterocycles. The van der Waals surface area contributed by atoms with Crippen molar-refractivity contribution in [1.29, 1.82) is 0 Å². The molecule has 0 unspecified atom stereocenters. The first-order valence-corrected chi connectivity index (χ1v) is 26.2. The number of anilines is 4. The standard InChI is InChI=1S/4C10H18N4.4C2H6/c2*1-2-11-10-12-8-14(13-10)9-6-4-3-5-7-9;2*1-2-11-10-12-8-13-14(10)9-6-4-3-5-7-9;4*1-2/h2*8-9H,2-7H2,1H3,(H,11,13);2*8-9H,2-7H2,1H3,(H,11,12,13);4*1-2H3. The molecule has 0 aliphatic heterocycles. The number of nitrogens with one attached hydrogen (secondary N) is 4. The number of hydrogen-bond acceptors (Lipinski definition) is 12. The maximum atomic E-state index is 4.42. The Morgan fingerprint density at radius 2 is 0.672 bits per heavy atom. The fourth-order valence-corrected chi connectivity index (χ4v) is 8.33. The molecule has 4 saturated carbocycles. The Hall–Kier alpha value is -4.24. The van der Waals surface area contributed by atoms with Gasteiger partial charge in [0.05, 0.1) is 24.2 Å². The first-order valence-electron chi connectivity index (χ1n) is 26.2. The number of rotatable bonds is 12. The van der Waals surface area contributed by atoms with Crippen molar-refractivity contribution in [3.05, 3.63) is 25.3 Å². The van der Waals surface area contributed by atoms with Gasteiger partial charge in [-0.3, -0.25) is 0 Å². The van der Waals surface area contributed by atoms with Crippen LogP contribution in [0.2, 0.25) is 0 Å². The molecule has 0 bridgehead atoms. The summed E-state index contributed by atoms with van der Waals surface area (Å²) in [5.41, 5.74) is 0. The van der Waals surface area contributed by atoms with E-state index < -0.39 is 0 Å². The van der Waals surface area contributed by atoms with E-state index in [1.165, 1.54) is 128 Å². The van der Waals surface area contributed by atoms with Crippen molar-refractivity contribution in [2.24, 2.45) is 0 Å². The molecule has 368 valence electrons. The largest absolute Gasteiger partial charge is 0.355 e. The smallest absolute Gasteiger partial charge is 0.242 e. The molecule has 4 aromatic rings. The van der Waals surface area contributed by atoms with E-state index in [4.69, 9.17) is 0 Å². The molecule has 0 atom stereocenters. The molecule has 4 N–H and O–H groups in total. The zero-order valence-electron chi connectivity index (χ0n) is 43.0. The predicted octanol–water partition coefficient (Wildman–Crippen LogP) is 13.0. The molecule has 0 radical (unpaired) electrons. The Balaban J connectivity index is 0.000000405. The Morgan fingerprint density at radius 3 is 0.953 bits per heavy atom. The second-order valence-electron chi connectivity index (χ2n) is 15.4. The Labute approximate surface area is 390 Å². The third-order valence-corrected chi connectivity index (χ3v) is 11.2. The van der Waals surface area contributed by atoms with Gasteiger partial charge >= 0.3 is 0 Å². The molecular weight excluding hydrogens is 801 g/mol. The molecule has 0 amide bonds. The third-order valence-electron chi connectivity index (χ3n) is 11.2. The van der Waals surface area contributed by atoms with Gasteiger partial charge in [0.1, 0.15) is 25.3 Å². The number of nitrogens with zero attached hydrogens (tertiary/aromatic N) is 12. The first kappa shape index (κ1) is 57.8. The third kappa shape index (κ3) is 21.2. The second kappa shape index (κ2) is 38.1. The van der Waals surface area contributed by atoms with E-state index >= 15 is 0 Å². The van der Waals surface area contributed by atoms with E-state index in [-0.39, 0.29) is 0 Å². The van der Waals surface area contributed by atoms with Gasteiger partial charge < -0.3 is 21.3 Å². The topological polar surface area (TPSA) is 171 Å².